The van der Waals surface area contributed by atoms with Gasteiger partial charge < -0.3 is 24.9 Å². The maximum absolute atomic E-state index is 4.57. The van der Waals surface area contributed by atoms with E-state index in [1.807, 2.05) is 128 Å². The number of nitrogens with zero attached hydrogens (tertiary/aromatic N) is 5. The molecular formula is C99H86Ir5N5-5. The van der Waals surface area contributed by atoms with Crippen LogP contribution >= 0.6 is 0 Å². The number of aromatic nitrogens is 5. The van der Waals surface area contributed by atoms with Crippen LogP contribution in [0.3, 0.4) is 0 Å². The van der Waals surface area contributed by atoms with E-state index in [1.54, 1.807) is 6.20 Å². The molecule has 0 aliphatic heterocycles. The van der Waals surface area contributed by atoms with Crippen molar-refractivity contribution in [3.63, 3.8) is 0 Å². The fourth-order valence-electron chi connectivity index (χ4n) is 12.1. The van der Waals surface area contributed by atoms with Crippen LogP contribution < -0.4 is 0 Å². The van der Waals surface area contributed by atoms with Crippen molar-refractivity contribution in [3.05, 3.63) is 392 Å². The summed E-state index contributed by atoms with van der Waals surface area (Å²) < 4.78 is 0. The average molecular weight is 2310 g/mol. The van der Waals surface area contributed by atoms with E-state index in [4.69, 9.17) is 0 Å². The molecule has 0 atom stereocenters. The maximum Gasteiger partial charge on any atom is 0.0195 e. The van der Waals surface area contributed by atoms with Gasteiger partial charge in [0.05, 0.1) is 0 Å². The Kier molecular flexibility index (Phi) is 35.4. The molecule has 1 aliphatic rings. The molecule has 1 fully saturated rings. The van der Waals surface area contributed by atoms with Gasteiger partial charge in [-0.05, 0) is 146 Å². The Morgan fingerprint density at radius 2 is 0.651 bits per heavy atom. The Hall–Kier alpha value is -8.80. The van der Waals surface area contributed by atoms with Crippen molar-refractivity contribution in [2.75, 3.05) is 0 Å². The summed E-state index contributed by atoms with van der Waals surface area (Å²) in [6.07, 6.45) is 14.2. The second-order valence-corrected chi connectivity index (χ2v) is 27.2. The largest absolute Gasteiger partial charge is 0.305 e. The van der Waals surface area contributed by atoms with Crippen molar-refractivity contribution in [1.82, 2.24) is 24.9 Å². The van der Waals surface area contributed by atoms with Gasteiger partial charge in [-0.1, -0.05) is 242 Å². The monoisotopic (exact) mass is 2310 g/mol. The molecule has 0 spiro atoms. The number of rotatable bonds is 14. The first-order valence-corrected chi connectivity index (χ1v) is 36.1. The Labute approximate surface area is 714 Å². The van der Waals surface area contributed by atoms with Gasteiger partial charge in [0.15, 0.2) is 0 Å². The van der Waals surface area contributed by atoms with Crippen LogP contribution in [0.2, 0.25) is 0 Å². The SMILES string of the molecule is CC(C)(C)c1ccnc(-c2[c-]ccc(-c3ccccc3)c2)c1.CC(C)c1ccc(-c2[c-]ccc(-c3ccccc3)c2)nc1.CCc1cc(CC)cc(-c2cc[c-]c(-c3ccccn3)c2)c1.[Ir].[Ir].[Ir].[Ir].[Ir].[c-]1ccc(-c2ccccc2)cc1-c1cc(C2CC2)ccn1.[c-]1ccc(-c2ccccc2)cc1-c1ccccn1. The van der Waals surface area contributed by atoms with Gasteiger partial charge in [0.25, 0.3) is 0 Å². The fraction of sp³-hybridized carbons (Fsp3) is 0.141. The van der Waals surface area contributed by atoms with Crippen molar-refractivity contribution < 1.29 is 101 Å². The maximum atomic E-state index is 4.57. The summed E-state index contributed by atoms with van der Waals surface area (Å²) in [5, 5.41) is 0. The van der Waals surface area contributed by atoms with Gasteiger partial charge in [-0.25, -0.2) is 0 Å². The quantitative estimate of drug-likeness (QED) is 0.102. The number of pyridine rings is 5. The molecule has 5 nitrogen and oxygen atoms in total. The van der Waals surface area contributed by atoms with Crippen molar-refractivity contribution >= 4 is 0 Å². The van der Waals surface area contributed by atoms with E-state index in [9.17, 15) is 0 Å². The van der Waals surface area contributed by atoms with Crippen LogP contribution in [0.4, 0.5) is 0 Å². The summed E-state index contributed by atoms with van der Waals surface area (Å²) in [6, 6.07) is 121. The summed E-state index contributed by atoms with van der Waals surface area (Å²) in [5.41, 5.74) is 29.1. The smallest absolute Gasteiger partial charge is 0.0195 e. The van der Waals surface area contributed by atoms with Crippen molar-refractivity contribution in [3.8, 4) is 112 Å². The number of benzene rings is 10. The molecule has 0 bridgehead atoms. The molecule has 0 saturated heterocycles. The van der Waals surface area contributed by atoms with Crippen LogP contribution in [0.15, 0.2) is 334 Å². The Morgan fingerprint density at radius 3 is 0.982 bits per heavy atom. The van der Waals surface area contributed by atoms with E-state index in [0.29, 0.717) is 5.92 Å². The normalized spacial score (nSPS) is 10.9. The van der Waals surface area contributed by atoms with E-state index in [1.165, 1.54) is 96.3 Å². The van der Waals surface area contributed by atoms with E-state index in [2.05, 4.69) is 304 Å². The molecule has 557 valence electrons. The molecule has 16 rings (SSSR count). The second kappa shape index (κ2) is 44.1. The Morgan fingerprint density at radius 1 is 0.312 bits per heavy atom. The number of aryl methyl sites for hydroxylation is 2. The van der Waals surface area contributed by atoms with Gasteiger partial charge in [0.2, 0.25) is 0 Å². The summed E-state index contributed by atoms with van der Waals surface area (Å²) in [5.74, 6) is 1.26. The van der Waals surface area contributed by atoms with Crippen LogP contribution in [-0.2, 0) is 119 Å². The minimum Gasteiger partial charge on any atom is -0.305 e. The summed E-state index contributed by atoms with van der Waals surface area (Å²) >= 11 is 0. The molecular weight excluding hydrogens is 2220 g/mol. The van der Waals surface area contributed by atoms with Crippen LogP contribution in [0.1, 0.15) is 101 Å². The summed E-state index contributed by atoms with van der Waals surface area (Å²) in [4.78, 5) is 22.4. The second-order valence-electron chi connectivity index (χ2n) is 27.2. The van der Waals surface area contributed by atoms with Gasteiger partial charge in [0, 0.05) is 132 Å². The van der Waals surface area contributed by atoms with Crippen molar-refractivity contribution in [2.45, 2.75) is 91.4 Å². The zero-order valence-electron chi connectivity index (χ0n) is 62.1. The molecule has 1 aliphatic carbocycles. The van der Waals surface area contributed by atoms with Crippen LogP contribution in [-0.4, -0.2) is 24.9 Å². The van der Waals surface area contributed by atoms with Crippen LogP contribution in [0.5, 0.6) is 0 Å². The topological polar surface area (TPSA) is 64.5 Å². The van der Waals surface area contributed by atoms with E-state index >= 15 is 0 Å². The molecule has 15 aromatic rings. The molecule has 0 amide bonds. The molecule has 5 radical (unpaired) electrons. The summed E-state index contributed by atoms with van der Waals surface area (Å²) in [7, 11) is 0. The van der Waals surface area contributed by atoms with Gasteiger partial charge in [-0.2, -0.15) is 0 Å². The summed E-state index contributed by atoms with van der Waals surface area (Å²) in [6.45, 7) is 15.4. The zero-order valence-corrected chi connectivity index (χ0v) is 74.1. The molecule has 5 aromatic heterocycles. The molecule has 0 N–H and O–H groups in total. The van der Waals surface area contributed by atoms with Gasteiger partial charge in [-0.3, -0.25) is 0 Å². The average Bonchev–Trinajstić information content (AvgIpc) is 1.54. The third-order valence-electron chi connectivity index (χ3n) is 18.3. The first-order chi connectivity index (χ1) is 50.9. The van der Waals surface area contributed by atoms with E-state index in [0.717, 1.165) is 75.0 Å². The number of hydrogen-bond acceptors (Lipinski definition) is 5. The third-order valence-corrected chi connectivity index (χ3v) is 18.3. The molecule has 10 heteroatoms. The van der Waals surface area contributed by atoms with Gasteiger partial charge in [-0.15, -0.1) is 177 Å². The number of hydrogen-bond donors (Lipinski definition) is 0. The predicted molar refractivity (Wildman–Crippen MR) is 433 cm³/mol. The third kappa shape index (κ3) is 25.4. The molecule has 1 saturated carbocycles. The van der Waals surface area contributed by atoms with Crippen molar-refractivity contribution in [2.24, 2.45) is 0 Å². The first kappa shape index (κ1) is 87.4. The van der Waals surface area contributed by atoms with E-state index < -0.39 is 0 Å². The van der Waals surface area contributed by atoms with Gasteiger partial charge >= 0.3 is 0 Å². The molecule has 10 aromatic carbocycles. The molecule has 109 heavy (non-hydrogen) atoms. The zero-order chi connectivity index (χ0) is 71.9. The van der Waals surface area contributed by atoms with Crippen LogP contribution in [0, 0.1) is 30.3 Å². The van der Waals surface area contributed by atoms with Crippen molar-refractivity contribution in [1.29, 1.82) is 0 Å². The van der Waals surface area contributed by atoms with Gasteiger partial charge in [0.1, 0.15) is 0 Å². The molecule has 0 unspecified atom stereocenters. The van der Waals surface area contributed by atoms with E-state index in [-0.39, 0.29) is 106 Å². The first-order valence-electron chi connectivity index (χ1n) is 36.1. The minimum absolute atomic E-state index is 0. The van der Waals surface area contributed by atoms with Crippen LogP contribution in [0.25, 0.3) is 112 Å². The predicted octanol–water partition coefficient (Wildman–Crippen LogP) is 25.5. The molecule has 5 heterocycles. The standard InChI is InChI=1S/2C21H20N.C20H16N.C20H18N.C17H12N.5Ir/c1-21(2,3)19-12-13-22-20(15-19)18-11-7-10-17(14-18)16-8-5-4-6-9-16;1-3-16-12-17(4-2)14-20(13-16)18-8-7-9-19(15-18)21-10-5-6-11-22-21;1-2-5-15(6-3-1)17-7-4-8-19(13-17)20-14-18(11-12-21-20)16-9-10-16;1-15(2)19-11-12-20(21-14-19)18-10-6-9-17(13-18)16-7-4-3-5-8-16;1-2-7-14(8-3-1)15-9-6-10-16(13-15)17-11-4-5-12-18-17;;;;;/h4-10,12-15H,1-3H3;5-8,10-15H,3-4H2,1-2H3;1-7,11-14,16H,9-10H2;3-9,11-15H,1-2H3;1-9,11-13H;;;;;/q5*-1;;;;;. The Balaban J connectivity index is 0.000000188. The minimum atomic E-state index is 0. The fourth-order valence-corrected chi connectivity index (χ4v) is 12.1. The Bertz CT molecular complexity index is 5100.